The molecule has 4 aromatic rings. The van der Waals surface area contributed by atoms with Crippen LogP contribution < -0.4 is 4.72 Å². The normalized spacial score (nSPS) is 14.2. The quantitative estimate of drug-likeness (QED) is 0.345. The molecule has 0 radical (unpaired) electrons. The fourth-order valence-electron chi connectivity index (χ4n) is 3.72. The smallest absolute Gasteiger partial charge is 0.137 e. The topological polar surface area (TPSA) is 63.0 Å². The fraction of sp³-hybridized carbons (Fsp3) is 0.200. The summed E-state index contributed by atoms with van der Waals surface area (Å²) >= 11 is 1.29. The van der Waals surface area contributed by atoms with Gasteiger partial charge in [0, 0.05) is 11.6 Å². The van der Waals surface area contributed by atoms with Crippen LogP contribution in [-0.4, -0.2) is 25.1 Å². The van der Waals surface area contributed by atoms with E-state index in [1.54, 1.807) is 6.92 Å². The number of aliphatic hydroxyl groups is 1. The summed E-state index contributed by atoms with van der Waals surface area (Å²) in [5.41, 5.74) is 0.408. The van der Waals surface area contributed by atoms with Crippen molar-refractivity contribution in [1.82, 2.24) is 19.5 Å². The van der Waals surface area contributed by atoms with E-state index in [0.717, 1.165) is 23.3 Å². The average Bonchev–Trinajstić information content (AvgIpc) is 3.33. The lowest BCUT2D eigenvalue weighted by Gasteiger charge is -2.35. The van der Waals surface area contributed by atoms with Crippen molar-refractivity contribution < 1.29 is 13.9 Å². The van der Waals surface area contributed by atoms with Gasteiger partial charge in [-0.3, -0.25) is 4.72 Å². The maximum atomic E-state index is 14.8. The van der Waals surface area contributed by atoms with Gasteiger partial charge in [-0.15, -0.1) is 0 Å². The molecular formula is C25H24F2N4OS. The van der Waals surface area contributed by atoms with Gasteiger partial charge in [0.05, 0.1) is 17.8 Å². The maximum Gasteiger partial charge on any atom is 0.137 e. The molecule has 1 heterocycles. The number of rotatable bonds is 9. The minimum absolute atomic E-state index is 0.00262. The Morgan fingerprint density at radius 2 is 1.64 bits per heavy atom. The number of nitrogens with one attached hydrogen (secondary N) is 1. The number of nitrogens with zero attached hydrogens (tertiary/aromatic N) is 3. The highest BCUT2D eigenvalue weighted by Gasteiger charge is 2.40. The molecule has 0 amide bonds. The van der Waals surface area contributed by atoms with Gasteiger partial charge in [-0.25, -0.2) is 18.4 Å². The number of benzene rings is 3. The van der Waals surface area contributed by atoms with E-state index in [1.807, 2.05) is 60.7 Å². The molecule has 0 aliphatic rings. The van der Waals surface area contributed by atoms with E-state index in [1.165, 1.54) is 35.4 Å². The predicted octanol–water partition coefficient (Wildman–Crippen LogP) is 4.86. The van der Waals surface area contributed by atoms with E-state index >= 15 is 0 Å². The summed E-state index contributed by atoms with van der Waals surface area (Å²) in [6.07, 6.45) is 2.80. The number of hydrogen-bond acceptors (Lipinski definition) is 5. The Labute approximate surface area is 195 Å². The van der Waals surface area contributed by atoms with Crippen LogP contribution >= 0.6 is 11.9 Å². The molecule has 0 spiro atoms. The molecule has 170 valence electrons. The summed E-state index contributed by atoms with van der Waals surface area (Å²) in [5.74, 6) is -1.52. The van der Waals surface area contributed by atoms with Gasteiger partial charge in [0.15, 0.2) is 0 Å². The highest BCUT2D eigenvalue weighted by atomic mass is 32.2. The first kappa shape index (κ1) is 23.1. The second-order valence-electron chi connectivity index (χ2n) is 7.77. The largest absolute Gasteiger partial charge is 0.382 e. The van der Waals surface area contributed by atoms with Crippen molar-refractivity contribution in [2.75, 3.05) is 0 Å². The molecule has 8 heteroatoms. The van der Waals surface area contributed by atoms with E-state index in [9.17, 15) is 13.9 Å². The predicted molar refractivity (Wildman–Crippen MR) is 125 cm³/mol. The van der Waals surface area contributed by atoms with Gasteiger partial charge in [-0.05, 0) is 24.1 Å². The third kappa shape index (κ3) is 5.30. The van der Waals surface area contributed by atoms with Gasteiger partial charge in [0.2, 0.25) is 0 Å². The van der Waals surface area contributed by atoms with Crippen molar-refractivity contribution >= 4 is 11.9 Å². The Bertz CT molecular complexity index is 1120. The molecule has 0 aliphatic heterocycles. The zero-order valence-electron chi connectivity index (χ0n) is 18.0. The van der Waals surface area contributed by atoms with Crippen LogP contribution in [0.1, 0.15) is 29.7 Å². The van der Waals surface area contributed by atoms with Crippen LogP contribution in [0, 0.1) is 11.6 Å². The summed E-state index contributed by atoms with van der Waals surface area (Å²) in [7, 11) is 0. The molecule has 3 aromatic carbocycles. The molecule has 4 rings (SSSR count). The van der Waals surface area contributed by atoms with Crippen molar-refractivity contribution in [3.05, 3.63) is 120 Å². The minimum Gasteiger partial charge on any atom is -0.382 e. The Hall–Kier alpha value is -3.07. The van der Waals surface area contributed by atoms with Crippen LogP contribution in [0.25, 0.3) is 0 Å². The summed E-state index contributed by atoms with van der Waals surface area (Å²) < 4.78 is 33.3. The standard InChI is InChI=1S/C25H24F2N4OS/c1-18(33-30-24(19-8-4-2-5-9-19)20-10-6-3-7-11-20)25(32,15-31-17-28-16-29-31)22-13-12-21(26)14-23(22)27/h2-14,16-18,24,30,32H,15H2,1H3/t18-,25-/m1/s1. The fourth-order valence-corrected chi connectivity index (χ4v) is 4.73. The van der Waals surface area contributed by atoms with Crippen LogP contribution in [0.4, 0.5) is 8.78 Å². The van der Waals surface area contributed by atoms with Crippen molar-refractivity contribution in [1.29, 1.82) is 0 Å². The molecule has 0 unspecified atom stereocenters. The number of aromatic nitrogens is 3. The lowest BCUT2D eigenvalue weighted by Crippen LogP contribution is -2.42. The van der Waals surface area contributed by atoms with Gasteiger partial charge in [0.1, 0.15) is 29.9 Å². The van der Waals surface area contributed by atoms with E-state index in [4.69, 9.17) is 0 Å². The van der Waals surface area contributed by atoms with E-state index in [0.29, 0.717) is 0 Å². The second kappa shape index (κ2) is 10.2. The molecule has 2 atom stereocenters. The van der Waals surface area contributed by atoms with E-state index < -0.39 is 22.5 Å². The molecule has 0 saturated carbocycles. The lowest BCUT2D eigenvalue weighted by atomic mass is 9.90. The van der Waals surface area contributed by atoms with Crippen molar-refractivity contribution in [2.24, 2.45) is 0 Å². The van der Waals surface area contributed by atoms with Crippen molar-refractivity contribution in [3.8, 4) is 0 Å². The zero-order valence-corrected chi connectivity index (χ0v) is 18.8. The van der Waals surface area contributed by atoms with Crippen LogP contribution in [0.15, 0.2) is 91.5 Å². The van der Waals surface area contributed by atoms with Gasteiger partial charge in [0.25, 0.3) is 0 Å². The monoisotopic (exact) mass is 466 g/mol. The zero-order chi connectivity index (χ0) is 23.3. The molecule has 0 bridgehead atoms. The Morgan fingerprint density at radius 3 is 2.18 bits per heavy atom. The molecular weight excluding hydrogens is 442 g/mol. The Morgan fingerprint density at radius 1 is 1.00 bits per heavy atom. The third-order valence-electron chi connectivity index (χ3n) is 5.57. The maximum absolute atomic E-state index is 14.8. The highest BCUT2D eigenvalue weighted by Crippen LogP contribution is 2.37. The average molecular weight is 467 g/mol. The van der Waals surface area contributed by atoms with Crippen molar-refractivity contribution in [2.45, 2.75) is 30.4 Å². The minimum atomic E-state index is -1.69. The Kier molecular flexibility index (Phi) is 7.17. The first-order valence-corrected chi connectivity index (χ1v) is 11.4. The Balaban J connectivity index is 1.63. The summed E-state index contributed by atoms with van der Waals surface area (Å²) in [5, 5.41) is 15.3. The molecule has 5 nitrogen and oxygen atoms in total. The molecule has 0 saturated heterocycles. The van der Waals surface area contributed by atoms with Gasteiger partial charge in [-0.2, -0.15) is 5.10 Å². The van der Waals surface area contributed by atoms with E-state index in [-0.39, 0.29) is 18.2 Å². The van der Waals surface area contributed by atoms with Crippen molar-refractivity contribution in [3.63, 3.8) is 0 Å². The van der Waals surface area contributed by atoms with Gasteiger partial charge >= 0.3 is 0 Å². The molecule has 1 aromatic heterocycles. The first-order chi connectivity index (χ1) is 16.0. The van der Waals surface area contributed by atoms with Crippen LogP contribution in [0.5, 0.6) is 0 Å². The first-order valence-electron chi connectivity index (χ1n) is 10.5. The van der Waals surface area contributed by atoms with Gasteiger partial charge in [-0.1, -0.05) is 78.7 Å². The summed E-state index contributed by atoms with van der Waals surface area (Å²) in [4.78, 5) is 3.91. The SMILES string of the molecule is C[C@@H](SNC(c1ccccc1)c1ccccc1)[C@](O)(Cn1cncn1)c1ccc(F)cc1F. The van der Waals surface area contributed by atoms with Crippen LogP contribution in [-0.2, 0) is 12.1 Å². The van der Waals surface area contributed by atoms with Gasteiger partial charge < -0.3 is 5.11 Å². The molecule has 33 heavy (non-hydrogen) atoms. The van der Waals surface area contributed by atoms with Crippen LogP contribution in [0.3, 0.4) is 0 Å². The molecule has 2 N–H and O–H groups in total. The lowest BCUT2D eigenvalue weighted by molar-refractivity contribution is 0.0131. The number of halogens is 2. The molecule has 0 aliphatic carbocycles. The summed E-state index contributed by atoms with van der Waals surface area (Å²) in [6, 6.07) is 22.9. The van der Waals surface area contributed by atoms with E-state index in [2.05, 4.69) is 14.8 Å². The highest BCUT2D eigenvalue weighted by molar-refractivity contribution is 7.98. The van der Waals surface area contributed by atoms with Crippen LogP contribution in [0.2, 0.25) is 0 Å². The molecule has 0 fully saturated rings. The summed E-state index contributed by atoms with van der Waals surface area (Å²) in [6.45, 7) is 1.75. The second-order valence-corrected chi connectivity index (χ2v) is 8.95. The third-order valence-corrected chi connectivity index (χ3v) is 6.68. The number of hydrogen-bond donors (Lipinski definition) is 2.